The second-order valence-electron chi connectivity index (χ2n) is 6.96. The Morgan fingerprint density at radius 2 is 1.71 bits per heavy atom. The van der Waals surface area contributed by atoms with Crippen molar-refractivity contribution < 1.29 is 18.0 Å². The molecule has 0 aliphatic rings. The number of carbonyl (C=O) groups excluding carboxylic acids is 1. The number of halogens is 7. The van der Waals surface area contributed by atoms with E-state index in [1.165, 1.54) is 12.1 Å². The molecule has 1 amide bonds. The van der Waals surface area contributed by atoms with Gasteiger partial charge in [0.1, 0.15) is 0 Å². The topological polar surface area (TPSA) is 53.2 Å². The quantitative estimate of drug-likeness (QED) is 0.170. The number of allylic oxidation sites excluding steroid dienone is 1. The third-order valence-corrected chi connectivity index (χ3v) is 6.61. The summed E-state index contributed by atoms with van der Waals surface area (Å²) in [4.78, 5) is 12.4. The third kappa shape index (κ3) is 8.30. The van der Waals surface area contributed by atoms with Crippen molar-refractivity contribution in [3.63, 3.8) is 0 Å². The maximum Gasteiger partial charge on any atom is 0.399 e. The van der Waals surface area contributed by atoms with Crippen molar-refractivity contribution in [2.24, 2.45) is 0 Å². The highest BCUT2D eigenvalue weighted by Crippen LogP contribution is 2.41. The largest absolute Gasteiger partial charge is 0.399 e. The van der Waals surface area contributed by atoms with Crippen molar-refractivity contribution in [3.8, 4) is 0 Å². The molecule has 1 atom stereocenters. The molecule has 2 aromatic carbocycles. The molecule has 4 nitrogen and oxygen atoms in total. The lowest BCUT2D eigenvalue weighted by Gasteiger charge is -2.18. The van der Waals surface area contributed by atoms with Crippen LogP contribution in [0, 0.1) is 0 Å². The summed E-state index contributed by atoms with van der Waals surface area (Å²) in [6, 6.07) is 6.90. The summed E-state index contributed by atoms with van der Waals surface area (Å²) in [5.41, 5.74) is 0.664. The van der Waals surface area contributed by atoms with Crippen molar-refractivity contribution in [1.29, 1.82) is 0 Å². The summed E-state index contributed by atoms with van der Waals surface area (Å²) in [5.74, 6) is -2.29. The van der Waals surface area contributed by atoms with E-state index >= 15 is 0 Å². The van der Waals surface area contributed by atoms with Gasteiger partial charge in [-0.05, 0) is 70.5 Å². The second kappa shape index (κ2) is 13.0. The van der Waals surface area contributed by atoms with Gasteiger partial charge in [-0.2, -0.15) is 13.2 Å². The van der Waals surface area contributed by atoms with Gasteiger partial charge in [0, 0.05) is 24.1 Å². The van der Waals surface area contributed by atoms with E-state index in [1.54, 1.807) is 12.1 Å². The van der Waals surface area contributed by atoms with Crippen molar-refractivity contribution in [1.82, 2.24) is 16.0 Å². The van der Waals surface area contributed by atoms with Gasteiger partial charge in [0.15, 0.2) is 5.11 Å². The van der Waals surface area contributed by atoms with Crippen molar-refractivity contribution in [2.75, 3.05) is 19.6 Å². The molecule has 0 saturated carbocycles. The molecule has 0 bridgehead atoms. The second-order valence-corrected chi connectivity index (χ2v) is 9.41. The van der Waals surface area contributed by atoms with E-state index in [0.717, 1.165) is 18.2 Å². The molecule has 0 aliphatic carbocycles. The molecule has 0 heterocycles. The zero-order valence-electron chi connectivity index (χ0n) is 17.7. The van der Waals surface area contributed by atoms with Crippen LogP contribution in [0.25, 0.3) is 6.08 Å². The molecule has 0 aliphatic heterocycles. The van der Waals surface area contributed by atoms with Gasteiger partial charge in [0.2, 0.25) is 0 Å². The average molecular weight is 618 g/mol. The number of amides is 1. The molecule has 0 aromatic heterocycles. The summed E-state index contributed by atoms with van der Waals surface area (Å²) >= 11 is 26.0. The Morgan fingerprint density at radius 1 is 1.09 bits per heavy atom. The molecule has 12 heteroatoms. The number of alkyl halides is 3. The van der Waals surface area contributed by atoms with Crippen molar-refractivity contribution in [3.05, 3.63) is 72.6 Å². The van der Waals surface area contributed by atoms with Gasteiger partial charge in [-0.3, -0.25) is 4.79 Å². The van der Waals surface area contributed by atoms with E-state index in [0.29, 0.717) is 40.3 Å². The Balaban J connectivity index is 2.12. The van der Waals surface area contributed by atoms with Crippen molar-refractivity contribution >= 4 is 80.0 Å². The predicted octanol–water partition coefficient (Wildman–Crippen LogP) is 6.98. The number of rotatable bonds is 8. The van der Waals surface area contributed by atoms with E-state index in [9.17, 15) is 18.0 Å². The van der Waals surface area contributed by atoms with E-state index in [2.05, 4.69) is 31.9 Å². The highest BCUT2D eigenvalue weighted by molar-refractivity contribution is 9.10. The average Bonchev–Trinajstić information content (AvgIpc) is 2.74. The first-order valence-corrected chi connectivity index (χ1v) is 12.3. The number of carbonyl (C=O) groups is 1. The van der Waals surface area contributed by atoms with Gasteiger partial charge in [0.05, 0.1) is 26.5 Å². The highest BCUT2D eigenvalue weighted by atomic mass is 79.9. The van der Waals surface area contributed by atoms with Gasteiger partial charge in [-0.25, -0.2) is 0 Å². The Bertz CT molecular complexity index is 1060. The number of hydrogen-bond donors (Lipinski definition) is 3. The highest BCUT2D eigenvalue weighted by Gasteiger charge is 2.39. The van der Waals surface area contributed by atoms with Gasteiger partial charge in [0.25, 0.3) is 5.91 Å². The number of nitrogens with one attached hydrogen (secondary N) is 3. The molecule has 1 unspecified atom stereocenters. The summed E-state index contributed by atoms with van der Waals surface area (Å²) in [7, 11) is 0. The van der Waals surface area contributed by atoms with E-state index in [1.807, 2.05) is 6.92 Å². The Labute approximate surface area is 224 Å². The third-order valence-electron chi connectivity index (χ3n) is 4.47. The van der Waals surface area contributed by atoms with Gasteiger partial charge in [-0.1, -0.05) is 53.0 Å². The minimum atomic E-state index is -4.59. The minimum absolute atomic E-state index is 0.00842. The SMILES string of the molecule is CCNC(=S)NCCNC(=O)c1ccc(C=CC(c2cc(Cl)c(Cl)c(Cl)c2)C(F)(F)F)cc1Br. The zero-order chi connectivity index (χ0) is 25.5. The molecule has 0 saturated heterocycles. The molecule has 2 rings (SSSR count). The molecule has 0 fully saturated rings. The number of thiocarbonyl (C=S) groups is 1. The summed E-state index contributed by atoms with van der Waals surface area (Å²) in [5, 5.41) is 8.97. The number of benzene rings is 2. The first-order valence-electron chi connectivity index (χ1n) is 9.92. The fourth-order valence-electron chi connectivity index (χ4n) is 2.86. The van der Waals surface area contributed by atoms with Crippen LogP contribution in [0.5, 0.6) is 0 Å². The molecule has 184 valence electrons. The maximum absolute atomic E-state index is 13.7. The van der Waals surface area contributed by atoms with Crippen LogP contribution in [0.1, 0.15) is 34.3 Å². The monoisotopic (exact) mass is 615 g/mol. The summed E-state index contributed by atoms with van der Waals surface area (Å²) < 4.78 is 41.6. The first-order chi connectivity index (χ1) is 15.9. The maximum atomic E-state index is 13.7. The fraction of sp³-hybridized carbons (Fsp3) is 0.273. The lowest BCUT2D eigenvalue weighted by atomic mass is 9.97. The van der Waals surface area contributed by atoms with Crippen LogP contribution in [0.2, 0.25) is 15.1 Å². The van der Waals surface area contributed by atoms with Crippen LogP contribution in [-0.2, 0) is 0 Å². The first kappa shape index (κ1) is 28.7. The van der Waals surface area contributed by atoms with Crippen LogP contribution < -0.4 is 16.0 Å². The van der Waals surface area contributed by atoms with E-state index < -0.39 is 12.1 Å². The molecular formula is C22H20BrCl3F3N3OS. The molecule has 34 heavy (non-hydrogen) atoms. The van der Waals surface area contributed by atoms with E-state index in [-0.39, 0.29) is 26.5 Å². The normalized spacial score (nSPS) is 12.5. The summed E-state index contributed by atoms with van der Waals surface area (Å²) in [6.07, 6.45) is -2.28. The Kier molecular flexibility index (Phi) is 11.0. The van der Waals surface area contributed by atoms with Gasteiger partial charge < -0.3 is 16.0 Å². The minimum Gasteiger partial charge on any atom is -0.363 e. The van der Waals surface area contributed by atoms with Crippen molar-refractivity contribution in [2.45, 2.75) is 19.0 Å². The smallest absolute Gasteiger partial charge is 0.363 e. The van der Waals surface area contributed by atoms with Crippen LogP contribution in [0.3, 0.4) is 0 Å². The fourth-order valence-corrected chi connectivity index (χ4v) is 4.30. The lowest BCUT2D eigenvalue weighted by Crippen LogP contribution is -2.40. The van der Waals surface area contributed by atoms with Gasteiger partial charge >= 0.3 is 6.18 Å². The zero-order valence-corrected chi connectivity index (χ0v) is 22.4. The summed E-state index contributed by atoms with van der Waals surface area (Å²) in [6.45, 7) is 3.38. The van der Waals surface area contributed by atoms with Crippen LogP contribution >= 0.6 is 63.0 Å². The number of hydrogen-bond acceptors (Lipinski definition) is 2. The molecule has 0 radical (unpaired) electrons. The standard InChI is InChI=1S/C22H20BrCl3F3N3OS/c1-2-30-21(34)32-8-7-31-20(33)14-5-3-12(9-16(14)23)4-6-15(22(27,28)29)13-10-17(24)19(26)18(25)11-13/h3-6,9-11,15H,2,7-8H2,1H3,(H,31,33)(H2,30,32,34). The molecule has 3 N–H and O–H groups in total. The van der Waals surface area contributed by atoms with Gasteiger partial charge in [-0.15, -0.1) is 0 Å². The van der Waals surface area contributed by atoms with Crippen LogP contribution in [0.15, 0.2) is 40.9 Å². The lowest BCUT2D eigenvalue weighted by molar-refractivity contribution is -0.139. The Hall–Kier alpha value is -1.52. The molecule has 0 spiro atoms. The predicted molar refractivity (Wildman–Crippen MR) is 140 cm³/mol. The van der Waals surface area contributed by atoms with Crippen LogP contribution in [-0.4, -0.2) is 36.8 Å². The van der Waals surface area contributed by atoms with E-state index in [4.69, 9.17) is 47.0 Å². The molecular weight excluding hydrogens is 598 g/mol. The molecule has 2 aromatic rings. The Morgan fingerprint density at radius 3 is 2.26 bits per heavy atom. The van der Waals surface area contributed by atoms with Crippen LogP contribution in [0.4, 0.5) is 13.2 Å².